The van der Waals surface area contributed by atoms with E-state index >= 15 is 0 Å². The number of alkyl carbamates (subject to hydrolysis) is 1. The van der Waals surface area contributed by atoms with Crippen LogP contribution in [-0.4, -0.2) is 18.2 Å². The molecule has 1 aromatic rings. The fourth-order valence-electron chi connectivity index (χ4n) is 2.29. The van der Waals surface area contributed by atoms with Crippen LogP contribution in [0.15, 0.2) is 30.3 Å². The Hall–Kier alpha value is -1.55. The Bertz CT molecular complexity index is 381. The van der Waals surface area contributed by atoms with Gasteiger partial charge in [-0.2, -0.15) is 0 Å². The summed E-state index contributed by atoms with van der Waals surface area (Å²) < 4.78 is 5.18. The van der Waals surface area contributed by atoms with Gasteiger partial charge in [-0.1, -0.05) is 30.3 Å². The van der Waals surface area contributed by atoms with Crippen LogP contribution >= 0.6 is 0 Å². The van der Waals surface area contributed by atoms with Gasteiger partial charge >= 0.3 is 6.09 Å². The third kappa shape index (κ3) is 4.04. The molecule has 2 atom stereocenters. The Labute approximate surface area is 108 Å². The van der Waals surface area contributed by atoms with Crippen molar-refractivity contribution in [1.29, 1.82) is 0 Å². The average Bonchev–Trinajstić information content (AvgIpc) is 2.38. The summed E-state index contributed by atoms with van der Waals surface area (Å²) in [5.41, 5.74) is 6.87. The maximum Gasteiger partial charge on any atom is 0.407 e. The number of benzene rings is 1. The van der Waals surface area contributed by atoms with E-state index in [0.717, 1.165) is 31.2 Å². The second-order valence-corrected chi connectivity index (χ2v) is 4.83. The molecule has 1 fully saturated rings. The lowest BCUT2D eigenvalue weighted by atomic mass is 9.92. The zero-order valence-electron chi connectivity index (χ0n) is 10.5. The first kappa shape index (κ1) is 12.9. The Morgan fingerprint density at radius 3 is 2.83 bits per heavy atom. The molecule has 4 nitrogen and oxygen atoms in total. The Balaban J connectivity index is 1.72. The van der Waals surface area contributed by atoms with Crippen molar-refractivity contribution in [1.82, 2.24) is 5.32 Å². The zero-order valence-corrected chi connectivity index (χ0v) is 10.5. The standard InChI is InChI=1S/C14H20N2O2/c15-12-7-4-8-13(9-12)16-14(17)18-10-11-5-2-1-3-6-11/h1-3,5-6,12-13H,4,7-10,15H2,(H,16,17)/t12-,13+/m0/s1. The van der Waals surface area contributed by atoms with Crippen LogP contribution in [0.25, 0.3) is 0 Å². The maximum absolute atomic E-state index is 11.6. The summed E-state index contributed by atoms with van der Waals surface area (Å²) in [4.78, 5) is 11.6. The fraction of sp³-hybridized carbons (Fsp3) is 0.500. The number of nitrogens with one attached hydrogen (secondary N) is 1. The number of carbonyl (C=O) groups is 1. The summed E-state index contributed by atoms with van der Waals surface area (Å²) in [5.74, 6) is 0. The maximum atomic E-state index is 11.6. The molecule has 0 spiro atoms. The fourth-order valence-corrected chi connectivity index (χ4v) is 2.29. The number of nitrogens with two attached hydrogens (primary N) is 1. The molecule has 0 aromatic heterocycles. The monoisotopic (exact) mass is 248 g/mol. The lowest BCUT2D eigenvalue weighted by Crippen LogP contribution is -2.42. The van der Waals surface area contributed by atoms with Crippen molar-refractivity contribution in [2.45, 2.75) is 44.4 Å². The average molecular weight is 248 g/mol. The molecular formula is C14H20N2O2. The minimum absolute atomic E-state index is 0.164. The molecular weight excluding hydrogens is 228 g/mol. The molecule has 3 N–H and O–H groups in total. The van der Waals surface area contributed by atoms with Crippen molar-refractivity contribution in [3.05, 3.63) is 35.9 Å². The highest BCUT2D eigenvalue weighted by molar-refractivity contribution is 5.67. The van der Waals surface area contributed by atoms with Gasteiger partial charge in [-0.05, 0) is 31.2 Å². The van der Waals surface area contributed by atoms with Gasteiger partial charge in [0.25, 0.3) is 0 Å². The van der Waals surface area contributed by atoms with Gasteiger partial charge in [0.15, 0.2) is 0 Å². The first-order chi connectivity index (χ1) is 8.74. The normalized spacial score (nSPS) is 23.4. The molecule has 0 heterocycles. The smallest absolute Gasteiger partial charge is 0.407 e. The van der Waals surface area contributed by atoms with Crippen molar-refractivity contribution >= 4 is 6.09 Å². The van der Waals surface area contributed by atoms with Crippen LogP contribution in [0.3, 0.4) is 0 Å². The predicted molar refractivity (Wildman–Crippen MR) is 70.0 cm³/mol. The van der Waals surface area contributed by atoms with Gasteiger partial charge in [0.2, 0.25) is 0 Å². The van der Waals surface area contributed by atoms with E-state index in [2.05, 4.69) is 5.32 Å². The molecule has 1 saturated carbocycles. The van der Waals surface area contributed by atoms with E-state index in [1.165, 1.54) is 0 Å². The summed E-state index contributed by atoms with van der Waals surface area (Å²) in [5, 5.41) is 2.88. The van der Waals surface area contributed by atoms with E-state index in [1.54, 1.807) is 0 Å². The molecule has 98 valence electrons. The SMILES string of the molecule is N[C@H]1CCC[C@@H](NC(=O)OCc2ccccc2)C1. The third-order valence-electron chi connectivity index (χ3n) is 3.25. The van der Waals surface area contributed by atoms with Gasteiger partial charge < -0.3 is 15.8 Å². The van der Waals surface area contributed by atoms with Crippen LogP contribution in [0.5, 0.6) is 0 Å². The molecule has 18 heavy (non-hydrogen) atoms. The molecule has 1 aromatic carbocycles. The Morgan fingerprint density at radius 2 is 2.11 bits per heavy atom. The van der Waals surface area contributed by atoms with E-state index in [0.29, 0.717) is 6.61 Å². The summed E-state index contributed by atoms with van der Waals surface area (Å²) >= 11 is 0. The summed E-state index contributed by atoms with van der Waals surface area (Å²) in [6.07, 6.45) is 3.62. The van der Waals surface area contributed by atoms with Crippen molar-refractivity contribution in [3.8, 4) is 0 Å². The Kier molecular flexibility index (Phi) is 4.59. The largest absolute Gasteiger partial charge is 0.445 e. The lowest BCUT2D eigenvalue weighted by molar-refractivity contribution is 0.132. The molecule has 2 rings (SSSR count). The van der Waals surface area contributed by atoms with Crippen LogP contribution in [0.1, 0.15) is 31.2 Å². The third-order valence-corrected chi connectivity index (χ3v) is 3.25. The second-order valence-electron chi connectivity index (χ2n) is 4.83. The number of hydrogen-bond acceptors (Lipinski definition) is 3. The highest BCUT2D eigenvalue weighted by Crippen LogP contribution is 2.17. The second kappa shape index (κ2) is 6.40. The van der Waals surface area contributed by atoms with Crippen molar-refractivity contribution in [2.75, 3.05) is 0 Å². The quantitative estimate of drug-likeness (QED) is 0.861. The van der Waals surface area contributed by atoms with Crippen molar-refractivity contribution in [3.63, 3.8) is 0 Å². The van der Waals surface area contributed by atoms with Gasteiger partial charge in [-0.15, -0.1) is 0 Å². The van der Waals surface area contributed by atoms with E-state index in [9.17, 15) is 4.79 Å². The molecule has 0 aliphatic heterocycles. The first-order valence-electron chi connectivity index (χ1n) is 6.47. The zero-order chi connectivity index (χ0) is 12.8. The molecule has 1 aliphatic carbocycles. The lowest BCUT2D eigenvalue weighted by Gasteiger charge is -2.26. The van der Waals surface area contributed by atoms with Crippen LogP contribution in [0.4, 0.5) is 4.79 Å². The predicted octanol–water partition coefficient (Wildman–Crippen LogP) is 2.18. The molecule has 1 aliphatic rings. The molecule has 4 heteroatoms. The van der Waals surface area contributed by atoms with Gasteiger partial charge in [0, 0.05) is 12.1 Å². The van der Waals surface area contributed by atoms with Gasteiger partial charge in [0.05, 0.1) is 0 Å². The first-order valence-corrected chi connectivity index (χ1v) is 6.47. The number of rotatable bonds is 3. The minimum Gasteiger partial charge on any atom is -0.445 e. The van der Waals surface area contributed by atoms with Gasteiger partial charge in [0.1, 0.15) is 6.61 Å². The van der Waals surface area contributed by atoms with Gasteiger partial charge in [-0.25, -0.2) is 4.79 Å². The topological polar surface area (TPSA) is 64.3 Å². The summed E-state index contributed by atoms with van der Waals surface area (Å²) in [6, 6.07) is 10.0. The highest BCUT2D eigenvalue weighted by Gasteiger charge is 2.21. The van der Waals surface area contributed by atoms with Crippen LogP contribution in [0.2, 0.25) is 0 Å². The molecule has 0 radical (unpaired) electrons. The molecule has 0 bridgehead atoms. The summed E-state index contributed by atoms with van der Waals surface area (Å²) in [6.45, 7) is 0.311. The molecule has 0 saturated heterocycles. The Morgan fingerprint density at radius 1 is 1.33 bits per heavy atom. The van der Waals surface area contributed by atoms with E-state index < -0.39 is 0 Å². The van der Waals surface area contributed by atoms with Crippen molar-refractivity contribution in [2.24, 2.45) is 5.73 Å². The van der Waals surface area contributed by atoms with E-state index in [-0.39, 0.29) is 18.2 Å². The van der Waals surface area contributed by atoms with E-state index in [1.807, 2.05) is 30.3 Å². The van der Waals surface area contributed by atoms with Crippen LogP contribution in [-0.2, 0) is 11.3 Å². The molecule has 0 unspecified atom stereocenters. The number of ether oxygens (including phenoxy) is 1. The number of hydrogen-bond donors (Lipinski definition) is 2. The number of carbonyl (C=O) groups excluding carboxylic acids is 1. The summed E-state index contributed by atoms with van der Waals surface area (Å²) in [7, 11) is 0. The van der Waals surface area contributed by atoms with Crippen LogP contribution in [0, 0.1) is 0 Å². The van der Waals surface area contributed by atoms with Crippen LogP contribution < -0.4 is 11.1 Å². The highest BCUT2D eigenvalue weighted by atomic mass is 16.5. The minimum atomic E-state index is -0.349. The van der Waals surface area contributed by atoms with Gasteiger partial charge in [-0.3, -0.25) is 0 Å². The van der Waals surface area contributed by atoms with E-state index in [4.69, 9.17) is 10.5 Å². The number of amides is 1. The molecule has 1 amide bonds. The van der Waals surface area contributed by atoms with Crippen molar-refractivity contribution < 1.29 is 9.53 Å².